The van der Waals surface area contributed by atoms with Crippen LogP contribution in [0.2, 0.25) is 0 Å². The predicted octanol–water partition coefficient (Wildman–Crippen LogP) is 8.36. The molecule has 40 heavy (non-hydrogen) atoms. The van der Waals surface area contributed by atoms with Gasteiger partial charge in [-0.25, -0.2) is 0 Å². The molecule has 206 valence electrons. The third-order valence-corrected chi connectivity index (χ3v) is 5.62. The van der Waals surface area contributed by atoms with Crippen molar-refractivity contribution in [2.24, 2.45) is 0 Å². The summed E-state index contributed by atoms with van der Waals surface area (Å²) in [6, 6.07) is 48.6. The first-order chi connectivity index (χ1) is 19.2. The molecule has 0 radical (unpaired) electrons. The van der Waals surface area contributed by atoms with Gasteiger partial charge in [-0.3, -0.25) is 0 Å². The molecule has 0 saturated heterocycles. The van der Waals surface area contributed by atoms with E-state index in [1.54, 1.807) is 13.8 Å². The van der Waals surface area contributed by atoms with Gasteiger partial charge >= 0.3 is 0 Å². The van der Waals surface area contributed by atoms with Crippen molar-refractivity contribution in [3.8, 4) is 0 Å². The normalized spacial score (nSPS) is 9.20. The van der Waals surface area contributed by atoms with E-state index in [9.17, 15) is 0 Å². The van der Waals surface area contributed by atoms with Gasteiger partial charge in [0, 0.05) is 25.8 Å². The Morgan fingerprint density at radius 2 is 0.800 bits per heavy atom. The second-order valence-electron chi connectivity index (χ2n) is 8.21. The maximum atomic E-state index is 8.93. The third kappa shape index (κ3) is 10.6. The molecule has 7 aromatic carbocycles. The molecule has 0 aromatic heterocycles. The van der Waals surface area contributed by atoms with Crippen LogP contribution in [0, 0.1) is 0 Å². The van der Waals surface area contributed by atoms with Crippen LogP contribution in [0.3, 0.4) is 0 Å². The molecule has 0 saturated carbocycles. The molecule has 7 rings (SSSR count). The Balaban J connectivity index is 0.000000267. The van der Waals surface area contributed by atoms with Crippen molar-refractivity contribution in [1.29, 1.82) is 0 Å². The van der Waals surface area contributed by atoms with Gasteiger partial charge in [0.1, 0.15) is 0 Å². The Morgan fingerprint density at radius 3 is 1.15 bits per heavy atom. The average Bonchev–Trinajstić information content (AvgIpc) is 3.74. The molecular weight excluding hydrogens is 655 g/mol. The summed E-state index contributed by atoms with van der Waals surface area (Å²) in [4.78, 5) is 0. The minimum atomic E-state index is 0. The first-order valence-corrected chi connectivity index (χ1v) is 13.1. The summed E-state index contributed by atoms with van der Waals surface area (Å²) in [5.41, 5.74) is 0. The SMILES string of the molecule is C=C.CC[O-].CC[O-].[Hf].c1ccc2[cH-]ccc2c1.c1ccc2[cH-]ccc2c1.c1ccc2c(c1)[cH-]c1ccccc12. The summed E-state index contributed by atoms with van der Waals surface area (Å²) >= 11 is 0. The van der Waals surface area contributed by atoms with E-state index in [0.29, 0.717) is 0 Å². The van der Waals surface area contributed by atoms with Crippen molar-refractivity contribution in [1.82, 2.24) is 0 Å². The molecule has 0 aliphatic rings. The van der Waals surface area contributed by atoms with Crippen molar-refractivity contribution in [3.63, 3.8) is 0 Å². The van der Waals surface area contributed by atoms with E-state index in [0.717, 1.165) is 0 Å². The minimum absolute atomic E-state index is 0. The zero-order valence-corrected chi connectivity index (χ0v) is 27.0. The smallest absolute Gasteiger partial charge is 0 e. The van der Waals surface area contributed by atoms with E-state index >= 15 is 0 Å². The van der Waals surface area contributed by atoms with Crippen LogP contribution in [0.5, 0.6) is 0 Å². The molecule has 0 heterocycles. The van der Waals surface area contributed by atoms with Gasteiger partial charge in [0.2, 0.25) is 0 Å². The molecule has 0 amide bonds. The van der Waals surface area contributed by atoms with Gasteiger partial charge in [0.25, 0.3) is 0 Å². The molecule has 3 heteroatoms. The fraction of sp³-hybridized carbons (Fsp3) is 0.108. The van der Waals surface area contributed by atoms with Crippen LogP contribution < -0.4 is 10.2 Å². The van der Waals surface area contributed by atoms with E-state index in [1.165, 1.54) is 43.1 Å². The van der Waals surface area contributed by atoms with Gasteiger partial charge in [-0.1, -0.05) is 62.4 Å². The van der Waals surface area contributed by atoms with Crippen molar-refractivity contribution in [2.45, 2.75) is 13.8 Å². The van der Waals surface area contributed by atoms with Crippen LogP contribution >= 0.6 is 0 Å². The fourth-order valence-corrected chi connectivity index (χ4v) is 4.04. The second-order valence-corrected chi connectivity index (χ2v) is 8.21. The third-order valence-electron chi connectivity index (χ3n) is 5.62. The van der Waals surface area contributed by atoms with Gasteiger partial charge in [0.15, 0.2) is 0 Å². The Bertz CT molecular complexity index is 1420. The van der Waals surface area contributed by atoms with Gasteiger partial charge < -0.3 is 10.2 Å². The summed E-state index contributed by atoms with van der Waals surface area (Å²) in [6.45, 7) is 9.14. The number of hydrogen-bond acceptors (Lipinski definition) is 2. The van der Waals surface area contributed by atoms with Crippen LogP contribution in [-0.4, -0.2) is 13.2 Å². The van der Waals surface area contributed by atoms with Crippen LogP contribution in [0.4, 0.5) is 0 Å². The molecule has 0 aliphatic carbocycles. The van der Waals surface area contributed by atoms with E-state index in [-0.39, 0.29) is 39.1 Å². The van der Waals surface area contributed by atoms with E-state index < -0.39 is 0 Å². The number of hydrogen-bond donors (Lipinski definition) is 0. The molecule has 0 aliphatic heterocycles. The maximum Gasteiger partial charge on any atom is 0 e. The van der Waals surface area contributed by atoms with Crippen molar-refractivity contribution >= 4 is 43.1 Å². The monoisotopic (exact) mass is 693 g/mol. The minimum Gasteiger partial charge on any atom is -0.855 e. The van der Waals surface area contributed by atoms with Crippen LogP contribution in [0.1, 0.15) is 13.8 Å². The summed E-state index contributed by atoms with van der Waals surface area (Å²) in [5.74, 6) is 0. The average molecular weight is 692 g/mol. The Hall–Kier alpha value is -3.50. The van der Waals surface area contributed by atoms with Crippen molar-refractivity contribution in [3.05, 3.63) is 153 Å². The van der Waals surface area contributed by atoms with Crippen LogP contribution in [0.25, 0.3) is 43.1 Å². The first kappa shape index (κ1) is 34.5. The standard InChI is InChI=1S/C13H9.2C9H7.2C2H5O.C2H4.Hf/c1-3-7-12-10(5-1)9-11-6-2-4-8-13(11)12;2*1-2-5-9-7-3-6-8(9)4-1;2*1-2-3;1-2;/h1-9H;2*1-7H;2*2H2,1H3;1-2H2;/q5*-1;;. The van der Waals surface area contributed by atoms with Crippen molar-refractivity contribution < 1.29 is 36.1 Å². The van der Waals surface area contributed by atoms with Gasteiger partial charge in [-0.05, 0) is 0 Å². The van der Waals surface area contributed by atoms with Crippen LogP contribution in [-0.2, 0) is 25.8 Å². The van der Waals surface area contributed by atoms with E-state index in [1.807, 2.05) is 0 Å². The van der Waals surface area contributed by atoms with Gasteiger partial charge in [-0.15, -0.1) is 125 Å². The fourth-order valence-electron chi connectivity index (χ4n) is 4.04. The summed E-state index contributed by atoms with van der Waals surface area (Å²) in [6.07, 6.45) is 0. The molecule has 0 N–H and O–H groups in total. The summed E-state index contributed by atoms with van der Waals surface area (Å²) in [5, 5.41) is 28.6. The van der Waals surface area contributed by atoms with Gasteiger partial charge in [0.05, 0.1) is 0 Å². The van der Waals surface area contributed by atoms with Crippen molar-refractivity contribution in [2.75, 3.05) is 13.2 Å². The molecule has 0 bridgehead atoms. The Kier molecular flexibility index (Phi) is 17.6. The van der Waals surface area contributed by atoms with Crippen LogP contribution in [0.15, 0.2) is 153 Å². The van der Waals surface area contributed by atoms with E-state index in [4.69, 9.17) is 10.2 Å². The quantitative estimate of drug-likeness (QED) is 0.0912. The molecule has 0 unspecified atom stereocenters. The Morgan fingerprint density at radius 1 is 0.500 bits per heavy atom. The molecule has 0 atom stereocenters. The Labute approximate surface area is 257 Å². The number of benzene rings is 4. The van der Waals surface area contributed by atoms with Gasteiger partial charge in [-0.2, -0.15) is 35.0 Å². The summed E-state index contributed by atoms with van der Waals surface area (Å²) < 4.78 is 0. The topological polar surface area (TPSA) is 46.1 Å². The molecular formula is C37H37HfO2-5. The number of fused-ring (bicyclic) bond motifs is 5. The molecule has 0 spiro atoms. The van der Waals surface area contributed by atoms with E-state index in [2.05, 4.69) is 153 Å². The zero-order valence-electron chi connectivity index (χ0n) is 23.4. The molecule has 0 fully saturated rings. The second kappa shape index (κ2) is 20.4. The molecule has 7 aromatic rings. The zero-order chi connectivity index (χ0) is 28.3. The molecule has 2 nitrogen and oxygen atoms in total. The first-order valence-electron chi connectivity index (χ1n) is 13.1. The maximum absolute atomic E-state index is 8.93. The summed E-state index contributed by atoms with van der Waals surface area (Å²) in [7, 11) is 0. The largest absolute Gasteiger partial charge is 0.855 e. The number of rotatable bonds is 0. The predicted molar refractivity (Wildman–Crippen MR) is 168 cm³/mol.